The molecule has 1 N–H and O–H groups in total. The number of nitrogens with zero attached hydrogens (tertiary/aromatic N) is 2. The molecule has 4 heteroatoms. The summed E-state index contributed by atoms with van der Waals surface area (Å²) < 4.78 is 0. The Kier molecular flexibility index (Phi) is 5.89. The molecule has 0 unspecified atom stereocenters. The van der Waals surface area contributed by atoms with Crippen molar-refractivity contribution in [1.29, 1.82) is 5.26 Å². The predicted octanol–water partition coefficient (Wildman–Crippen LogP) is 2.23. The molecule has 1 aromatic rings. The topological polar surface area (TPSA) is 56.1 Å². The van der Waals surface area contributed by atoms with Gasteiger partial charge in [-0.1, -0.05) is 19.4 Å². The standard InChI is InChI=1S/C14H19N3O/c1-3-4-8-17(2)11-14(18)16-13-7-5-6-12(9-13)10-15/h5-7,9H,3-4,8,11H2,1-2H3,(H,16,18). The molecule has 1 amide bonds. The van der Waals surface area contributed by atoms with Gasteiger partial charge in [-0.3, -0.25) is 9.69 Å². The Morgan fingerprint density at radius 3 is 2.94 bits per heavy atom. The molecule has 0 bridgehead atoms. The third kappa shape index (κ3) is 4.98. The van der Waals surface area contributed by atoms with Crippen molar-refractivity contribution in [3.05, 3.63) is 29.8 Å². The minimum Gasteiger partial charge on any atom is -0.325 e. The molecule has 0 aromatic heterocycles. The van der Waals surface area contributed by atoms with Crippen LogP contribution in [0.15, 0.2) is 24.3 Å². The van der Waals surface area contributed by atoms with Gasteiger partial charge in [0, 0.05) is 5.69 Å². The number of anilines is 1. The first-order valence-electron chi connectivity index (χ1n) is 6.14. The van der Waals surface area contributed by atoms with Gasteiger partial charge in [0.15, 0.2) is 0 Å². The summed E-state index contributed by atoms with van der Waals surface area (Å²) in [7, 11) is 1.93. The number of hydrogen-bond acceptors (Lipinski definition) is 3. The van der Waals surface area contributed by atoms with E-state index in [1.165, 1.54) is 0 Å². The Bertz CT molecular complexity index is 437. The highest BCUT2D eigenvalue weighted by atomic mass is 16.2. The van der Waals surface area contributed by atoms with Crippen LogP contribution in [0.2, 0.25) is 0 Å². The van der Waals surface area contributed by atoms with Crippen molar-refractivity contribution in [3.8, 4) is 6.07 Å². The summed E-state index contributed by atoms with van der Waals surface area (Å²) in [6, 6.07) is 8.97. The molecule has 0 aliphatic heterocycles. The predicted molar refractivity (Wildman–Crippen MR) is 72.2 cm³/mol. The minimum absolute atomic E-state index is 0.0521. The maximum atomic E-state index is 11.7. The highest BCUT2D eigenvalue weighted by molar-refractivity contribution is 5.92. The quantitative estimate of drug-likeness (QED) is 0.836. The van der Waals surface area contributed by atoms with E-state index in [1.807, 2.05) is 18.0 Å². The largest absolute Gasteiger partial charge is 0.325 e. The van der Waals surface area contributed by atoms with Crippen molar-refractivity contribution in [2.24, 2.45) is 0 Å². The Morgan fingerprint density at radius 2 is 2.28 bits per heavy atom. The number of likely N-dealkylation sites (N-methyl/N-ethyl adjacent to an activating group) is 1. The van der Waals surface area contributed by atoms with Gasteiger partial charge in [-0.25, -0.2) is 0 Å². The van der Waals surface area contributed by atoms with Crippen LogP contribution in [0.25, 0.3) is 0 Å². The molecule has 0 heterocycles. The van der Waals surface area contributed by atoms with Crippen molar-refractivity contribution >= 4 is 11.6 Å². The smallest absolute Gasteiger partial charge is 0.238 e. The molecule has 0 saturated heterocycles. The number of nitriles is 1. The number of hydrogen-bond donors (Lipinski definition) is 1. The number of rotatable bonds is 6. The van der Waals surface area contributed by atoms with Gasteiger partial charge in [-0.05, 0) is 38.2 Å². The fraction of sp³-hybridized carbons (Fsp3) is 0.429. The molecular weight excluding hydrogens is 226 g/mol. The van der Waals surface area contributed by atoms with Crippen LogP contribution in [0, 0.1) is 11.3 Å². The second kappa shape index (κ2) is 7.46. The van der Waals surface area contributed by atoms with E-state index in [4.69, 9.17) is 5.26 Å². The van der Waals surface area contributed by atoms with Crippen molar-refractivity contribution in [1.82, 2.24) is 4.90 Å². The van der Waals surface area contributed by atoms with Gasteiger partial charge in [-0.2, -0.15) is 5.26 Å². The molecule has 4 nitrogen and oxygen atoms in total. The van der Waals surface area contributed by atoms with Crippen molar-refractivity contribution in [3.63, 3.8) is 0 Å². The fourth-order valence-corrected chi connectivity index (χ4v) is 1.62. The highest BCUT2D eigenvalue weighted by Gasteiger charge is 2.06. The van der Waals surface area contributed by atoms with Crippen molar-refractivity contribution in [2.45, 2.75) is 19.8 Å². The second-order valence-corrected chi connectivity index (χ2v) is 4.33. The minimum atomic E-state index is -0.0521. The van der Waals surface area contributed by atoms with Gasteiger partial charge in [0.05, 0.1) is 18.2 Å². The van der Waals surface area contributed by atoms with Crippen LogP contribution >= 0.6 is 0 Å². The van der Waals surface area contributed by atoms with Gasteiger partial charge in [0.1, 0.15) is 0 Å². The average Bonchev–Trinajstić information content (AvgIpc) is 2.36. The van der Waals surface area contributed by atoms with E-state index in [9.17, 15) is 4.79 Å². The first-order chi connectivity index (χ1) is 8.65. The number of carbonyl (C=O) groups is 1. The van der Waals surface area contributed by atoms with E-state index in [1.54, 1.807) is 24.3 Å². The zero-order valence-electron chi connectivity index (χ0n) is 10.9. The summed E-state index contributed by atoms with van der Waals surface area (Å²) in [5, 5.41) is 11.6. The molecule has 0 spiro atoms. The van der Waals surface area contributed by atoms with E-state index in [2.05, 4.69) is 12.2 Å². The number of unbranched alkanes of at least 4 members (excludes halogenated alkanes) is 1. The van der Waals surface area contributed by atoms with Crippen LogP contribution in [-0.4, -0.2) is 30.9 Å². The first kappa shape index (κ1) is 14.2. The monoisotopic (exact) mass is 245 g/mol. The van der Waals surface area contributed by atoms with Crippen molar-refractivity contribution < 1.29 is 4.79 Å². The molecule has 1 rings (SSSR count). The molecule has 0 aliphatic rings. The van der Waals surface area contributed by atoms with Crippen LogP contribution in [0.3, 0.4) is 0 Å². The molecule has 18 heavy (non-hydrogen) atoms. The van der Waals surface area contributed by atoms with Crippen LogP contribution < -0.4 is 5.32 Å². The third-order valence-electron chi connectivity index (χ3n) is 2.58. The Morgan fingerprint density at radius 1 is 1.50 bits per heavy atom. The summed E-state index contributed by atoms with van der Waals surface area (Å²) in [5.41, 5.74) is 1.22. The summed E-state index contributed by atoms with van der Waals surface area (Å²) in [6.07, 6.45) is 2.21. The van der Waals surface area contributed by atoms with Crippen LogP contribution in [0.1, 0.15) is 25.3 Å². The van der Waals surface area contributed by atoms with E-state index in [0.29, 0.717) is 17.8 Å². The molecule has 0 radical (unpaired) electrons. The summed E-state index contributed by atoms with van der Waals surface area (Å²) >= 11 is 0. The lowest BCUT2D eigenvalue weighted by Crippen LogP contribution is -2.30. The maximum Gasteiger partial charge on any atom is 0.238 e. The molecule has 0 atom stereocenters. The number of benzene rings is 1. The molecule has 0 saturated carbocycles. The van der Waals surface area contributed by atoms with E-state index >= 15 is 0 Å². The number of carbonyl (C=O) groups excluding carboxylic acids is 1. The van der Waals surface area contributed by atoms with Gasteiger partial charge in [0.25, 0.3) is 0 Å². The zero-order chi connectivity index (χ0) is 13.4. The number of nitrogens with one attached hydrogen (secondary N) is 1. The number of amides is 1. The third-order valence-corrected chi connectivity index (χ3v) is 2.58. The molecule has 0 aliphatic carbocycles. The molecule has 1 aromatic carbocycles. The van der Waals surface area contributed by atoms with Gasteiger partial charge in [-0.15, -0.1) is 0 Å². The second-order valence-electron chi connectivity index (χ2n) is 4.33. The lowest BCUT2D eigenvalue weighted by molar-refractivity contribution is -0.117. The Balaban J connectivity index is 2.46. The van der Waals surface area contributed by atoms with E-state index in [-0.39, 0.29) is 5.91 Å². The highest BCUT2D eigenvalue weighted by Crippen LogP contribution is 2.09. The zero-order valence-corrected chi connectivity index (χ0v) is 10.9. The summed E-state index contributed by atoms with van der Waals surface area (Å²) in [4.78, 5) is 13.7. The van der Waals surface area contributed by atoms with Crippen molar-refractivity contribution in [2.75, 3.05) is 25.5 Å². The Labute approximate surface area is 108 Å². The van der Waals surface area contributed by atoms with Gasteiger partial charge >= 0.3 is 0 Å². The van der Waals surface area contributed by atoms with Crippen LogP contribution in [-0.2, 0) is 4.79 Å². The first-order valence-corrected chi connectivity index (χ1v) is 6.14. The lowest BCUT2D eigenvalue weighted by Gasteiger charge is -2.15. The SMILES string of the molecule is CCCCN(C)CC(=O)Nc1cccc(C#N)c1. The molecule has 96 valence electrons. The van der Waals surface area contributed by atoms with Crippen LogP contribution in [0.4, 0.5) is 5.69 Å². The van der Waals surface area contributed by atoms with E-state index < -0.39 is 0 Å². The normalized spacial score (nSPS) is 10.1. The van der Waals surface area contributed by atoms with Gasteiger partial charge in [0.2, 0.25) is 5.91 Å². The van der Waals surface area contributed by atoms with E-state index in [0.717, 1.165) is 19.4 Å². The molecule has 0 fully saturated rings. The lowest BCUT2D eigenvalue weighted by atomic mass is 10.2. The summed E-state index contributed by atoms with van der Waals surface area (Å²) in [5.74, 6) is -0.0521. The molecular formula is C14H19N3O. The summed E-state index contributed by atoms with van der Waals surface area (Å²) in [6.45, 7) is 3.42. The Hall–Kier alpha value is -1.86. The van der Waals surface area contributed by atoms with Gasteiger partial charge < -0.3 is 5.32 Å². The average molecular weight is 245 g/mol. The van der Waals surface area contributed by atoms with Crippen LogP contribution in [0.5, 0.6) is 0 Å². The maximum absolute atomic E-state index is 11.7. The fourth-order valence-electron chi connectivity index (χ4n) is 1.62.